The Balaban J connectivity index is 2.80. The number of benzene rings is 1. The summed E-state index contributed by atoms with van der Waals surface area (Å²) in [4.78, 5) is 11.9. The zero-order valence-electron chi connectivity index (χ0n) is 12.8. The van der Waals surface area contributed by atoms with Crippen molar-refractivity contribution in [1.29, 1.82) is 0 Å². The van der Waals surface area contributed by atoms with Crippen molar-refractivity contribution in [3.63, 3.8) is 0 Å². The maximum atomic E-state index is 11.9. The van der Waals surface area contributed by atoms with Crippen molar-refractivity contribution in [2.45, 2.75) is 39.5 Å². The van der Waals surface area contributed by atoms with Crippen LogP contribution in [0.5, 0.6) is 5.75 Å². The van der Waals surface area contributed by atoms with Gasteiger partial charge in [0.25, 0.3) is 5.91 Å². The molecule has 0 bridgehead atoms. The minimum Gasteiger partial charge on any atom is -0.479 e. The molecule has 1 aromatic rings. The van der Waals surface area contributed by atoms with E-state index in [1.54, 1.807) is 13.0 Å². The molecule has 0 heterocycles. The van der Waals surface area contributed by atoms with E-state index in [2.05, 4.69) is 47.0 Å². The molecule has 0 aromatic heterocycles. The zero-order valence-corrected chi connectivity index (χ0v) is 14.4. The summed E-state index contributed by atoms with van der Waals surface area (Å²) in [6, 6.07) is 6.23. The van der Waals surface area contributed by atoms with Crippen LogP contribution in [0.4, 0.5) is 0 Å². The second-order valence-corrected chi connectivity index (χ2v) is 5.91. The van der Waals surface area contributed by atoms with Gasteiger partial charge in [-0.1, -0.05) is 32.1 Å². The van der Waals surface area contributed by atoms with Crippen LogP contribution >= 0.6 is 15.9 Å². The van der Waals surface area contributed by atoms with Crippen molar-refractivity contribution < 1.29 is 9.53 Å². The summed E-state index contributed by atoms with van der Waals surface area (Å²) >= 11 is 3.48. The van der Waals surface area contributed by atoms with Crippen molar-refractivity contribution in [3.05, 3.63) is 40.9 Å². The maximum Gasteiger partial charge on any atom is 0.261 e. The van der Waals surface area contributed by atoms with Gasteiger partial charge in [0.1, 0.15) is 5.75 Å². The van der Waals surface area contributed by atoms with E-state index in [1.807, 2.05) is 18.2 Å². The Bertz CT molecular complexity index is 489. The third kappa shape index (κ3) is 5.89. The third-order valence-corrected chi connectivity index (χ3v) is 3.46. The topological polar surface area (TPSA) is 50.4 Å². The summed E-state index contributed by atoms with van der Waals surface area (Å²) in [5, 5.41) is 6.08. The lowest BCUT2D eigenvalue weighted by Gasteiger charge is -2.19. The van der Waals surface area contributed by atoms with Crippen LogP contribution in [0.3, 0.4) is 0 Å². The van der Waals surface area contributed by atoms with Gasteiger partial charge >= 0.3 is 0 Å². The fourth-order valence-corrected chi connectivity index (χ4v) is 2.19. The number of halogens is 1. The van der Waals surface area contributed by atoms with Crippen LogP contribution in [-0.4, -0.2) is 24.6 Å². The van der Waals surface area contributed by atoms with E-state index in [0.717, 1.165) is 10.0 Å². The number of rotatable bonds is 8. The first kappa shape index (κ1) is 17.7. The standard InChI is InChI=1S/C16H23BrN2O2/c1-5-9-18-16(20)12(4)21-15-13(10-19-11(2)3)7-6-8-14(15)17/h5-8,11-12,19H,1,9-10H2,2-4H3,(H,18,20). The molecule has 1 unspecified atom stereocenters. The minimum absolute atomic E-state index is 0.159. The van der Waals surface area contributed by atoms with Crippen LogP contribution in [0.1, 0.15) is 26.3 Å². The van der Waals surface area contributed by atoms with E-state index in [9.17, 15) is 4.79 Å². The number of hydrogen-bond donors (Lipinski definition) is 2. The number of nitrogens with one attached hydrogen (secondary N) is 2. The predicted molar refractivity (Wildman–Crippen MR) is 89.4 cm³/mol. The predicted octanol–water partition coefficient (Wildman–Crippen LogP) is 3.02. The van der Waals surface area contributed by atoms with E-state index in [4.69, 9.17) is 4.74 Å². The molecule has 0 aliphatic rings. The number of carbonyl (C=O) groups is 1. The summed E-state index contributed by atoms with van der Waals surface area (Å²) in [5.74, 6) is 0.542. The molecule has 0 spiro atoms. The summed E-state index contributed by atoms with van der Waals surface area (Å²) in [6.45, 7) is 10.6. The SMILES string of the molecule is C=CCNC(=O)C(C)Oc1c(Br)cccc1CNC(C)C. The highest BCUT2D eigenvalue weighted by Gasteiger charge is 2.17. The minimum atomic E-state index is -0.568. The van der Waals surface area contributed by atoms with Crippen molar-refractivity contribution in [3.8, 4) is 5.75 Å². The van der Waals surface area contributed by atoms with E-state index >= 15 is 0 Å². The fourth-order valence-electron chi connectivity index (χ4n) is 1.69. The maximum absolute atomic E-state index is 11.9. The molecule has 1 aromatic carbocycles. The monoisotopic (exact) mass is 354 g/mol. The number of hydrogen-bond acceptors (Lipinski definition) is 3. The molecule has 1 atom stereocenters. The lowest BCUT2D eigenvalue weighted by Crippen LogP contribution is -2.36. The zero-order chi connectivity index (χ0) is 15.8. The summed E-state index contributed by atoms with van der Waals surface area (Å²) in [6.07, 6.45) is 1.07. The average Bonchev–Trinajstić information content (AvgIpc) is 2.45. The van der Waals surface area contributed by atoms with Gasteiger partial charge in [-0.05, 0) is 28.9 Å². The van der Waals surface area contributed by atoms with Gasteiger partial charge in [-0.2, -0.15) is 0 Å². The number of carbonyl (C=O) groups excluding carboxylic acids is 1. The summed E-state index contributed by atoms with van der Waals surface area (Å²) in [5.41, 5.74) is 1.02. The Labute approximate surface area is 135 Å². The quantitative estimate of drug-likeness (QED) is 0.705. The van der Waals surface area contributed by atoms with Gasteiger partial charge in [-0.3, -0.25) is 4.79 Å². The molecular weight excluding hydrogens is 332 g/mol. The second kappa shape index (κ2) is 8.85. The first-order chi connectivity index (χ1) is 9.95. The largest absolute Gasteiger partial charge is 0.479 e. The average molecular weight is 355 g/mol. The normalized spacial score (nSPS) is 12.0. The molecule has 1 amide bonds. The molecule has 0 aliphatic heterocycles. The molecule has 0 saturated carbocycles. The van der Waals surface area contributed by atoms with Crippen LogP contribution in [0.15, 0.2) is 35.3 Å². The van der Waals surface area contributed by atoms with Crippen LogP contribution in [0.2, 0.25) is 0 Å². The molecule has 5 heteroatoms. The first-order valence-corrected chi connectivity index (χ1v) is 7.81. The van der Waals surface area contributed by atoms with Gasteiger partial charge in [-0.15, -0.1) is 6.58 Å². The van der Waals surface area contributed by atoms with Crippen LogP contribution < -0.4 is 15.4 Å². The molecule has 4 nitrogen and oxygen atoms in total. The Morgan fingerprint density at radius 1 is 1.43 bits per heavy atom. The molecule has 2 N–H and O–H groups in total. The van der Waals surface area contributed by atoms with Gasteiger partial charge in [0, 0.05) is 24.7 Å². The number of amides is 1. The first-order valence-electron chi connectivity index (χ1n) is 7.01. The lowest BCUT2D eigenvalue weighted by molar-refractivity contribution is -0.127. The molecule has 0 aliphatic carbocycles. The van der Waals surface area contributed by atoms with Gasteiger partial charge in [-0.25, -0.2) is 0 Å². The van der Waals surface area contributed by atoms with Gasteiger partial charge in [0.05, 0.1) is 4.47 Å². The third-order valence-electron chi connectivity index (χ3n) is 2.83. The van der Waals surface area contributed by atoms with Crippen LogP contribution in [-0.2, 0) is 11.3 Å². The van der Waals surface area contributed by atoms with Gasteiger partial charge in [0.2, 0.25) is 0 Å². The van der Waals surface area contributed by atoms with Gasteiger partial charge < -0.3 is 15.4 Å². The van der Waals surface area contributed by atoms with Crippen molar-refractivity contribution in [2.24, 2.45) is 0 Å². The summed E-state index contributed by atoms with van der Waals surface area (Å²) < 4.78 is 6.68. The molecular formula is C16H23BrN2O2. The highest BCUT2D eigenvalue weighted by Crippen LogP contribution is 2.30. The van der Waals surface area contributed by atoms with E-state index in [1.165, 1.54) is 0 Å². The second-order valence-electron chi connectivity index (χ2n) is 5.06. The Kier molecular flexibility index (Phi) is 7.47. The molecule has 0 radical (unpaired) electrons. The van der Waals surface area contributed by atoms with E-state index in [0.29, 0.717) is 24.9 Å². The van der Waals surface area contributed by atoms with E-state index < -0.39 is 6.10 Å². The summed E-state index contributed by atoms with van der Waals surface area (Å²) in [7, 11) is 0. The lowest BCUT2D eigenvalue weighted by atomic mass is 10.2. The fraction of sp³-hybridized carbons (Fsp3) is 0.438. The Hall–Kier alpha value is -1.33. The van der Waals surface area contributed by atoms with Crippen molar-refractivity contribution >= 4 is 21.8 Å². The molecule has 0 saturated heterocycles. The molecule has 116 valence electrons. The van der Waals surface area contributed by atoms with Crippen LogP contribution in [0, 0.1) is 0 Å². The highest BCUT2D eigenvalue weighted by atomic mass is 79.9. The molecule has 21 heavy (non-hydrogen) atoms. The number of ether oxygens (including phenoxy) is 1. The van der Waals surface area contributed by atoms with Gasteiger partial charge in [0.15, 0.2) is 6.10 Å². The smallest absolute Gasteiger partial charge is 0.261 e. The Morgan fingerprint density at radius 3 is 2.76 bits per heavy atom. The van der Waals surface area contributed by atoms with E-state index in [-0.39, 0.29) is 5.91 Å². The van der Waals surface area contributed by atoms with Crippen LogP contribution in [0.25, 0.3) is 0 Å². The number of para-hydroxylation sites is 1. The molecule has 1 rings (SSSR count). The van der Waals surface area contributed by atoms with Crippen molar-refractivity contribution in [1.82, 2.24) is 10.6 Å². The highest BCUT2D eigenvalue weighted by molar-refractivity contribution is 9.10. The van der Waals surface area contributed by atoms with Crippen molar-refractivity contribution in [2.75, 3.05) is 6.54 Å². The molecule has 0 fully saturated rings. The Morgan fingerprint density at radius 2 is 2.14 bits per heavy atom.